The number of halogens is 1. The maximum absolute atomic E-state index is 13.3. The molecule has 1 aromatic rings. The van der Waals surface area contributed by atoms with E-state index in [1.165, 1.54) is 31.5 Å². The Kier molecular flexibility index (Phi) is 3.27. The van der Waals surface area contributed by atoms with Crippen LogP contribution in [0.15, 0.2) is 18.2 Å². The van der Waals surface area contributed by atoms with E-state index in [1.54, 1.807) is 0 Å². The quantitative estimate of drug-likeness (QED) is 0.906. The average molecular weight is 261 g/mol. The molecule has 2 heterocycles. The molecule has 3 rings (SSSR count). The summed E-state index contributed by atoms with van der Waals surface area (Å²) in [5.74, 6) is 0.235. The van der Waals surface area contributed by atoms with Crippen molar-refractivity contribution in [1.82, 2.24) is 9.80 Å². The van der Waals surface area contributed by atoms with E-state index in [4.69, 9.17) is 5.41 Å². The molecule has 1 fully saturated rings. The Balaban J connectivity index is 1.73. The highest BCUT2D eigenvalue weighted by molar-refractivity contribution is 6.00. The van der Waals surface area contributed by atoms with Crippen LogP contribution in [0.2, 0.25) is 0 Å². The van der Waals surface area contributed by atoms with Crippen molar-refractivity contribution in [3.05, 3.63) is 35.1 Å². The summed E-state index contributed by atoms with van der Waals surface area (Å²) in [6.45, 7) is 6.08. The summed E-state index contributed by atoms with van der Waals surface area (Å²) in [7, 11) is 0. The van der Waals surface area contributed by atoms with Crippen molar-refractivity contribution in [3.63, 3.8) is 0 Å². The number of amidine groups is 1. The molecule has 102 valence electrons. The zero-order chi connectivity index (χ0) is 13.4. The smallest absolute Gasteiger partial charge is 0.128 e. The predicted molar refractivity (Wildman–Crippen MR) is 73.9 cm³/mol. The van der Waals surface area contributed by atoms with Crippen molar-refractivity contribution in [3.8, 4) is 0 Å². The van der Waals surface area contributed by atoms with Crippen LogP contribution >= 0.6 is 0 Å². The Bertz CT molecular complexity index is 500. The number of hydrogen-bond donors (Lipinski definition) is 1. The van der Waals surface area contributed by atoms with Crippen LogP contribution in [0.25, 0.3) is 0 Å². The fourth-order valence-electron chi connectivity index (χ4n) is 3.29. The van der Waals surface area contributed by atoms with Crippen molar-refractivity contribution >= 4 is 5.84 Å². The number of benzene rings is 1. The second-order valence-electron chi connectivity index (χ2n) is 5.46. The van der Waals surface area contributed by atoms with Gasteiger partial charge in [-0.3, -0.25) is 10.3 Å². The van der Waals surface area contributed by atoms with Crippen LogP contribution in [0.1, 0.15) is 30.9 Å². The van der Waals surface area contributed by atoms with Gasteiger partial charge in [-0.1, -0.05) is 13.0 Å². The van der Waals surface area contributed by atoms with E-state index in [0.717, 1.165) is 30.8 Å². The molecule has 1 atom stereocenters. The van der Waals surface area contributed by atoms with Crippen LogP contribution in [0.5, 0.6) is 0 Å². The molecule has 1 saturated heterocycles. The second kappa shape index (κ2) is 4.93. The van der Waals surface area contributed by atoms with Gasteiger partial charge in [0.2, 0.25) is 0 Å². The lowest BCUT2D eigenvalue weighted by molar-refractivity contribution is 0.223. The molecular weight excluding hydrogens is 241 g/mol. The highest BCUT2D eigenvalue weighted by Gasteiger charge is 2.30. The van der Waals surface area contributed by atoms with Crippen LogP contribution in [-0.2, 0) is 6.54 Å². The molecule has 4 heteroatoms. The summed E-state index contributed by atoms with van der Waals surface area (Å²) in [5.41, 5.74) is 1.84. The van der Waals surface area contributed by atoms with E-state index in [9.17, 15) is 4.39 Å². The number of hydrogen-bond acceptors (Lipinski definition) is 2. The van der Waals surface area contributed by atoms with Gasteiger partial charge < -0.3 is 4.90 Å². The first-order valence-corrected chi connectivity index (χ1v) is 7.05. The number of fused-ring (bicyclic) bond motifs is 1. The van der Waals surface area contributed by atoms with E-state index < -0.39 is 0 Å². The maximum Gasteiger partial charge on any atom is 0.128 e. The maximum atomic E-state index is 13.3. The van der Waals surface area contributed by atoms with Gasteiger partial charge in [-0.2, -0.15) is 0 Å². The lowest BCUT2D eigenvalue weighted by atomic mass is 10.1. The summed E-state index contributed by atoms with van der Waals surface area (Å²) in [5, 5.41) is 8.21. The Morgan fingerprint density at radius 3 is 3.05 bits per heavy atom. The SMILES string of the molecule is CCN1CCCC1CN1Cc2ccc(F)cc2C1=N. The molecule has 1 N–H and O–H groups in total. The first kappa shape index (κ1) is 12.6. The molecule has 3 nitrogen and oxygen atoms in total. The number of nitrogens with one attached hydrogen (secondary N) is 1. The van der Waals surface area contributed by atoms with Gasteiger partial charge in [0.25, 0.3) is 0 Å². The monoisotopic (exact) mass is 261 g/mol. The van der Waals surface area contributed by atoms with Crippen LogP contribution < -0.4 is 0 Å². The topological polar surface area (TPSA) is 30.3 Å². The third kappa shape index (κ3) is 2.25. The van der Waals surface area contributed by atoms with Crippen LogP contribution in [-0.4, -0.2) is 41.3 Å². The molecule has 0 spiro atoms. The number of rotatable bonds is 3. The molecule has 0 aliphatic carbocycles. The molecule has 0 aromatic heterocycles. The highest BCUT2D eigenvalue weighted by atomic mass is 19.1. The number of likely N-dealkylation sites (N-methyl/N-ethyl adjacent to an activating group) is 1. The fraction of sp³-hybridized carbons (Fsp3) is 0.533. The average Bonchev–Trinajstić information content (AvgIpc) is 2.97. The Morgan fingerprint density at radius 1 is 1.42 bits per heavy atom. The van der Waals surface area contributed by atoms with Gasteiger partial charge in [0.15, 0.2) is 0 Å². The van der Waals surface area contributed by atoms with Gasteiger partial charge in [0.05, 0.1) is 0 Å². The zero-order valence-corrected chi connectivity index (χ0v) is 11.3. The molecule has 19 heavy (non-hydrogen) atoms. The largest absolute Gasteiger partial charge is 0.351 e. The second-order valence-corrected chi connectivity index (χ2v) is 5.46. The van der Waals surface area contributed by atoms with E-state index in [0.29, 0.717) is 11.9 Å². The first-order chi connectivity index (χ1) is 9.19. The third-order valence-electron chi connectivity index (χ3n) is 4.34. The molecule has 1 unspecified atom stereocenters. The Hall–Kier alpha value is -1.42. The lowest BCUT2D eigenvalue weighted by Gasteiger charge is -2.28. The fourth-order valence-corrected chi connectivity index (χ4v) is 3.29. The molecule has 0 saturated carbocycles. The standard InChI is InChI=1S/C15H20FN3/c1-2-18-7-3-4-13(18)10-19-9-11-5-6-12(16)8-14(11)15(19)17/h5-6,8,13,17H,2-4,7,9-10H2,1H3. The number of likely N-dealkylation sites (tertiary alicyclic amines) is 1. The molecule has 2 aliphatic rings. The van der Waals surface area contributed by atoms with Crippen molar-refractivity contribution < 1.29 is 4.39 Å². The van der Waals surface area contributed by atoms with E-state index >= 15 is 0 Å². The first-order valence-electron chi connectivity index (χ1n) is 7.05. The van der Waals surface area contributed by atoms with Crippen molar-refractivity contribution in [1.29, 1.82) is 5.41 Å². The minimum Gasteiger partial charge on any atom is -0.351 e. The summed E-state index contributed by atoms with van der Waals surface area (Å²) in [6.07, 6.45) is 2.46. The van der Waals surface area contributed by atoms with Crippen LogP contribution in [0, 0.1) is 11.2 Å². The molecule has 0 radical (unpaired) electrons. The summed E-state index contributed by atoms with van der Waals surface area (Å²) in [4.78, 5) is 4.57. The summed E-state index contributed by atoms with van der Waals surface area (Å²) in [6, 6.07) is 5.34. The normalized spacial score (nSPS) is 23.2. The minimum atomic E-state index is -0.249. The zero-order valence-electron chi connectivity index (χ0n) is 11.3. The minimum absolute atomic E-state index is 0.249. The van der Waals surface area contributed by atoms with Crippen LogP contribution in [0.3, 0.4) is 0 Å². The Morgan fingerprint density at radius 2 is 2.26 bits per heavy atom. The molecule has 1 aromatic carbocycles. The van der Waals surface area contributed by atoms with Gasteiger partial charge in [-0.15, -0.1) is 0 Å². The van der Waals surface area contributed by atoms with E-state index in [2.05, 4.69) is 16.7 Å². The number of nitrogens with zero attached hydrogens (tertiary/aromatic N) is 2. The molecule has 0 amide bonds. The van der Waals surface area contributed by atoms with Crippen molar-refractivity contribution in [2.45, 2.75) is 32.4 Å². The summed E-state index contributed by atoms with van der Waals surface area (Å²) < 4.78 is 13.3. The molecule has 0 bridgehead atoms. The van der Waals surface area contributed by atoms with Gasteiger partial charge in [-0.05, 0) is 43.6 Å². The van der Waals surface area contributed by atoms with E-state index in [1.807, 2.05) is 6.07 Å². The van der Waals surface area contributed by atoms with Crippen molar-refractivity contribution in [2.75, 3.05) is 19.6 Å². The van der Waals surface area contributed by atoms with Gasteiger partial charge >= 0.3 is 0 Å². The van der Waals surface area contributed by atoms with Gasteiger partial charge in [-0.25, -0.2) is 4.39 Å². The lowest BCUT2D eigenvalue weighted by Crippen LogP contribution is -2.40. The summed E-state index contributed by atoms with van der Waals surface area (Å²) >= 11 is 0. The highest BCUT2D eigenvalue weighted by Crippen LogP contribution is 2.26. The van der Waals surface area contributed by atoms with E-state index in [-0.39, 0.29) is 5.82 Å². The van der Waals surface area contributed by atoms with Gasteiger partial charge in [0, 0.05) is 24.7 Å². The Labute approximate surface area is 113 Å². The third-order valence-corrected chi connectivity index (χ3v) is 4.34. The molecular formula is C15H20FN3. The van der Waals surface area contributed by atoms with Crippen LogP contribution in [0.4, 0.5) is 4.39 Å². The molecule has 2 aliphatic heterocycles. The van der Waals surface area contributed by atoms with Gasteiger partial charge in [0.1, 0.15) is 11.7 Å². The predicted octanol–water partition coefficient (Wildman–Crippen LogP) is 2.45. The van der Waals surface area contributed by atoms with Crippen molar-refractivity contribution in [2.24, 2.45) is 0 Å².